The number of carbonyl (C=O) groups excluding carboxylic acids is 1. The highest BCUT2D eigenvalue weighted by molar-refractivity contribution is 5.91. The summed E-state index contributed by atoms with van der Waals surface area (Å²) in [6, 6.07) is 13.4. The van der Waals surface area contributed by atoms with Crippen molar-refractivity contribution in [3.05, 3.63) is 60.4 Å². The molecule has 18 heteroatoms. The van der Waals surface area contributed by atoms with Crippen LogP contribution in [0.1, 0.15) is 18.9 Å². The number of hydrogen-bond acceptors (Lipinski definition) is 7. The van der Waals surface area contributed by atoms with Crippen molar-refractivity contribution in [3.63, 3.8) is 0 Å². The molecule has 4 rings (SSSR count). The van der Waals surface area contributed by atoms with Gasteiger partial charge in [0.1, 0.15) is 17.6 Å². The second-order valence-electron chi connectivity index (χ2n) is 9.89. The molecule has 2 aromatic carbocycles. The van der Waals surface area contributed by atoms with Gasteiger partial charge in [0.05, 0.1) is 19.0 Å². The molecule has 12 nitrogen and oxygen atoms in total. The zero-order chi connectivity index (χ0) is 35.4. The fourth-order valence-electron chi connectivity index (χ4n) is 3.99. The van der Waals surface area contributed by atoms with Gasteiger partial charge >= 0.3 is 30.3 Å². The summed E-state index contributed by atoms with van der Waals surface area (Å²) in [5.41, 5.74) is 3.61. The predicted molar refractivity (Wildman–Crippen MR) is 156 cm³/mol. The molecule has 0 aliphatic carbocycles. The first-order chi connectivity index (χ1) is 21.9. The van der Waals surface area contributed by atoms with E-state index in [2.05, 4.69) is 27.5 Å². The van der Waals surface area contributed by atoms with Gasteiger partial charge in [-0.2, -0.15) is 31.4 Å². The third-order valence-electron chi connectivity index (χ3n) is 6.36. The number of carbonyl (C=O) groups is 3. The first-order valence-electron chi connectivity index (χ1n) is 13.7. The summed E-state index contributed by atoms with van der Waals surface area (Å²) in [5.74, 6) is -4.07. The van der Waals surface area contributed by atoms with Crippen molar-refractivity contribution in [1.82, 2.24) is 20.0 Å². The van der Waals surface area contributed by atoms with Gasteiger partial charge in [-0.15, -0.1) is 0 Å². The lowest BCUT2D eigenvalue weighted by Crippen LogP contribution is -2.34. The van der Waals surface area contributed by atoms with Crippen LogP contribution in [0.25, 0.3) is 11.1 Å². The minimum Gasteiger partial charge on any atom is -0.497 e. The Kier molecular flexibility index (Phi) is 13.9. The molecule has 1 aliphatic rings. The molecule has 1 atom stereocenters. The summed E-state index contributed by atoms with van der Waals surface area (Å²) in [5, 5.41) is 24.2. The Morgan fingerprint density at radius 2 is 1.68 bits per heavy atom. The normalized spacial score (nSPS) is 14.5. The number of urea groups is 1. The van der Waals surface area contributed by atoms with Crippen molar-refractivity contribution in [2.24, 2.45) is 0 Å². The Morgan fingerprint density at radius 1 is 1.04 bits per heavy atom. The lowest BCUT2D eigenvalue weighted by Gasteiger charge is -2.23. The Hall–Kier alpha value is -5.00. The number of nitrogens with zero attached hydrogens (tertiary/aromatic N) is 3. The van der Waals surface area contributed by atoms with E-state index in [1.54, 1.807) is 18.2 Å². The molecular formula is C29H33F6N5O7. The van der Waals surface area contributed by atoms with Crippen LogP contribution >= 0.6 is 0 Å². The molecule has 0 unspecified atom stereocenters. The minimum atomic E-state index is -5.08. The van der Waals surface area contributed by atoms with Crippen LogP contribution < -0.4 is 14.8 Å². The van der Waals surface area contributed by atoms with E-state index < -0.39 is 24.3 Å². The standard InChI is InChI=1S/C25H31N5O3.2C2HF3O2/c1-4-30(16-18-6-5-7-21(12-18)32-3)25(31)28-23-9-8-19(20-14-26-27-15-20)13-24(23)33-22-10-11-29(2)17-22;2*3-2(4,5)1(6)7/h5-9,12-15,22H,4,10-11,16-17H2,1-3H3,(H,26,27)(H,28,31);2*(H,6,7)/t22-;;/m0../s1. The van der Waals surface area contributed by atoms with Gasteiger partial charge in [-0.05, 0) is 55.8 Å². The maximum atomic E-state index is 13.2. The van der Waals surface area contributed by atoms with Crippen LogP contribution in [0, 0.1) is 0 Å². The van der Waals surface area contributed by atoms with E-state index >= 15 is 0 Å². The highest BCUT2D eigenvalue weighted by atomic mass is 19.4. The van der Waals surface area contributed by atoms with Crippen molar-refractivity contribution in [2.45, 2.75) is 38.3 Å². The number of aromatic amines is 1. The van der Waals surface area contributed by atoms with Crippen LogP contribution in [-0.4, -0.2) is 100 Å². The number of likely N-dealkylation sites (tertiary alicyclic amines) is 1. The van der Waals surface area contributed by atoms with Crippen molar-refractivity contribution in [1.29, 1.82) is 0 Å². The molecule has 47 heavy (non-hydrogen) atoms. The van der Waals surface area contributed by atoms with Crippen LogP contribution in [-0.2, 0) is 16.1 Å². The first-order valence-corrected chi connectivity index (χ1v) is 13.7. The smallest absolute Gasteiger partial charge is 0.490 e. The molecule has 1 saturated heterocycles. The maximum Gasteiger partial charge on any atom is 0.490 e. The summed E-state index contributed by atoms with van der Waals surface area (Å²) in [6.07, 6.45) is -5.51. The molecule has 0 radical (unpaired) electrons. The van der Waals surface area contributed by atoms with E-state index in [4.69, 9.17) is 29.3 Å². The molecule has 1 fully saturated rings. The van der Waals surface area contributed by atoms with E-state index in [-0.39, 0.29) is 12.1 Å². The predicted octanol–water partition coefficient (Wildman–Crippen LogP) is 5.49. The maximum absolute atomic E-state index is 13.2. The monoisotopic (exact) mass is 677 g/mol. The number of aromatic nitrogens is 2. The largest absolute Gasteiger partial charge is 0.497 e. The second-order valence-corrected chi connectivity index (χ2v) is 9.89. The number of hydrogen-bond donors (Lipinski definition) is 4. The lowest BCUT2D eigenvalue weighted by atomic mass is 10.1. The van der Waals surface area contributed by atoms with E-state index in [0.29, 0.717) is 24.5 Å². The third kappa shape index (κ3) is 12.7. The Morgan fingerprint density at radius 3 is 2.17 bits per heavy atom. The highest BCUT2D eigenvalue weighted by Crippen LogP contribution is 2.33. The number of ether oxygens (including phenoxy) is 2. The van der Waals surface area contributed by atoms with Crippen molar-refractivity contribution < 1.29 is 60.4 Å². The van der Waals surface area contributed by atoms with Crippen LogP contribution in [0.2, 0.25) is 0 Å². The third-order valence-corrected chi connectivity index (χ3v) is 6.36. The summed E-state index contributed by atoms with van der Waals surface area (Å²) in [6.45, 7) is 4.88. The van der Waals surface area contributed by atoms with Crippen molar-refractivity contribution in [3.8, 4) is 22.6 Å². The zero-order valence-electron chi connectivity index (χ0n) is 25.4. The number of amides is 2. The average Bonchev–Trinajstić information content (AvgIpc) is 3.68. The molecule has 2 amide bonds. The molecule has 1 aliphatic heterocycles. The van der Waals surface area contributed by atoms with Gasteiger partial charge in [0, 0.05) is 37.9 Å². The number of anilines is 1. The summed E-state index contributed by atoms with van der Waals surface area (Å²) >= 11 is 0. The topological polar surface area (TPSA) is 157 Å². The molecule has 4 N–H and O–H groups in total. The quantitative estimate of drug-likeness (QED) is 0.227. The summed E-state index contributed by atoms with van der Waals surface area (Å²) in [7, 11) is 3.73. The van der Waals surface area contributed by atoms with Gasteiger partial charge in [0.15, 0.2) is 0 Å². The van der Waals surface area contributed by atoms with Crippen LogP contribution in [0.4, 0.5) is 36.8 Å². The Bertz CT molecular complexity index is 1440. The lowest BCUT2D eigenvalue weighted by molar-refractivity contribution is -0.193. The molecular weight excluding hydrogens is 644 g/mol. The number of halogens is 6. The number of nitrogens with one attached hydrogen (secondary N) is 2. The fraction of sp³-hybridized carbons (Fsp3) is 0.379. The van der Waals surface area contributed by atoms with Crippen LogP contribution in [0.3, 0.4) is 0 Å². The number of alkyl halides is 6. The number of aliphatic carboxylic acids is 2. The number of rotatable bonds is 8. The van der Waals surface area contributed by atoms with Gasteiger partial charge in [0.25, 0.3) is 0 Å². The summed E-state index contributed by atoms with van der Waals surface area (Å²) < 4.78 is 75.1. The van der Waals surface area contributed by atoms with Gasteiger partial charge in [-0.3, -0.25) is 5.10 Å². The molecule has 1 aromatic heterocycles. The van der Waals surface area contributed by atoms with E-state index in [9.17, 15) is 31.1 Å². The van der Waals surface area contributed by atoms with Gasteiger partial charge in [0.2, 0.25) is 0 Å². The first kappa shape index (κ1) is 38.2. The molecule has 258 valence electrons. The number of H-pyrrole nitrogens is 1. The summed E-state index contributed by atoms with van der Waals surface area (Å²) in [4.78, 5) is 35.0. The number of methoxy groups -OCH3 is 1. The van der Waals surface area contributed by atoms with Gasteiger partial charge in [-0.1, -0.05) is 18.2 Å². The number of likely N-dealkylation sites (N-methyl/N-ethyl adjacent to an activating group) is 1. The molecule has 3 aromatic rings. The molecule has 0 bridgehead atoms. The van der Waals surface area contributed by atoms with E-state index in [1.807, 2.05) is 55.6 Å². The number of carboxylic acids is 2. The van der Waals surface area contributed by atoms with Crippen molar-refractivity contribution >= 4 is 23.7 Å². The van der Waals surface area contributed by atoms with E-state index in [1.165, 1.54) is 0 Å². The number of benzene rings is 2. The van der Waals surface area contributed by atoms with Gasteiger partial charge < -0.3 is 34.8 Å². The Balaban J connectivity index is 0.000000459. The second kappa shape index (κ2) is 17.1. The minimum absolute atomic E-state index is 0.0873. The zero-order valence-corrected chi connectivity index (χ0v) is 25.4. The Labute approximate surface area is 264 Å². The van der Waals surface area contributed by atoms with Crippen molar-refractivity contribution in [2.75, 3.05) is 39.1 Å². The van der Waals surface area contributed by atoms with Crippen LogP contribution in [0.5, 0.6) is 11.5 Å². The van der Waals surface area contributed by atoms with Gasteiger partial charge in [-0.25, -0.2) is 14.4 Å². The average molecular weight is 678 g/mol. The molecule has 0 saturated carbocycles. The number of carboxylic acid groups (broad SMARTS) is 2. The van der Waals surface area contributed by atoms with E-state index in [0.717, 1.165) is 42.0 Å². The molecule has 0 spiro atoms. The SMILES string of the molecule is CCN(Cc1cccc(OC)c1)C(=O)Nc1ccc(-c2cn[nH]c2)cc1O[C@H]1CCN(C)C1.O=C(O)C(F)(F)F.O=C(O)C(F)(F)F. The fourth-order valence-corrected chi connectivity index (χ4v) is 3.99. The molecule has 2 heterocycles. The van der Waals surface area contributed by atoms with Crippen LogP contribution in [0.15, 0.2) is 54.9 Å². The highest BCUT2D eigenvalue weighted by Gasteiger charge is 2.38.